The van der Waals surface area contributed by atoms with Gasteiger partial charge in [-0.2, -0.15) is 0 Å². The Kier molecular flexibility index (Phi) is 2.41. The van der Waals surface area contributed by atoms with E-state index in [2.05, 4.69) is 16.5 Å². The molecule has 0 fully saturated rings. The van der Waals surface area contributed by atoms with Crippen molar-refractivity contribution in [3.63, 3.8) is 0 Å². The lowest BCUT2D eigenvalue weighted by Gasteiger charge is -2.00. The highest BCUT2D eigenvalue weighted by atomic mass is 16.1. The number of amides is 1. The summed E-state index contributed by atoms with van der Waals surface area (Å²) in [4.78, 5) is 15.0. The number of nitrogens with zero attached hydrogens (tertiary/aromatic N) is 2. The first-order valence-electron chi connectivity index (χ1n) is 4.92. The van der Waals surface area contributed by atoms with Crippen LogP contribution in [-0.2, 0) is 17.8 Å². The summed E-state index contributed by atoms with van der Waals surface area (Å²) in [6.07, 6.45) is 2.08. The van der Waals surface area contributed by atoms with Crippen molar-refractivity contribution in [1.82, 2.24) is 9.55 Å². The fourth-order valence-electron chi connectivity index (χ4n) is 1.67. The maximum atomic E-state index is 10.8. The van der Waals surface area contributed by atoms with Gasteiger partial charge in [-0.05, 0) is 24.6 Å². The van der Waals surface area contributed by atoms with Crippen LogP contribution in [0.25, 0.3) is 11.0 Å². The Morgan fingerprint density at radius 3 is 3.00 bits per heavy atom. The van der Waals surface area contributed by atoms with Gasteiger partial charge in [-0.1, -0.05) is 6.07 Å². The SMILES string of the molecule is CCn1cnc2cc(CC(N)=O)ccc21. The van der Waals surface area contributed by atoms with Crippen LogP contribution in [0.4, 0.5) is 0 Å². The lowest BCUT2D eigenvalue weighted by atomic mass is 10.1. The summed E-state index contributed by atoms with van der Waals surface area (Å²) < 4.78 is 2.06. The molecule has 0 atom stereocenters. The third-order valence-corrected chi connectivity index (χ3v) is 2.40. The number of hydrogen-bond donors (Lipinski definition) is 1. The largest absolute Gasteiger partial charge is 0.369 e. The number of nitrogens with two attached hydrogens (primary N) is 1. The first-order valence-corrected chi connectivity index (χ1v) is 4.92. The molecular weight excluding hydrogens is 190 g/mol. The van der Waals surface area contributed by atoms with E-state index in [1.54, 1.807) is 6.33 Å². The molecule has 0 aliphatic carbocycles. The molecule has 0 spiro atoms. The molecular formula is C11H13N3O. The van der Waals surface area contributed by atoms with Gasteiger partial charge in [0.1, 0.15) is 0 Å². The van der Waals surface area contributed by atoms with Crippen molar-refractivity contribution in [3.05, 3.63) is 30.1 Å². The number of hydrogen-bond acceptors (Lipinski definition) is 2. The van der Waals surface area contributed by atoms with E-state index in [9.17, 15) is 4.79 Å². The van der Waals surface area contributed by atoms with E-state index in [1.165, 1.54) is 0 Å². The summed E-state index contributed by atoms with van der Waals surface area (Å²) in [5.74, 6) is -0.315. The third kappa shape index (κ3) is 1.83. The normalized spacial score (nSPS) is 10.7. The van der Waals surface area contributed by atoms with E-state index in [1.807, 2.05) is 18.2 Å². The van der Waals surface area contributed by atoms with Gasteiger partial charge in [0.25, 0.3) is 0 Å². The molecule has 1 aromatic carbocycles. The van der Waals surface area contributed by atoms with Crippen LogP contribution < -0.4 is 5.73 Å². The molecule has 2 rings (SSSR count). The molecule has 4 nitrogen and oxygen atoms in total. The number of fused-ring (bicyclic) bond motifs is 1. The Morgan fingerprint density at radius 1 is 1.53 bits per heavy atom. The summed E-state index contributed by atoms with van der Waals surface area (Å²) in [5, 5.41) is 0. The van der Waals surface area contributed by atoms with Crippen LogP contribution in [0.15, 0.2) is 24.5 Å². The Morgan fingerprint density at radius 2 is 2.33 bits per heavy atom. The Balaban J connectivity index is 2.44. The summed E-state index contributed by atoms with van der Waals surface area (Å²) >= 11 is 0. The molecule has 78 valence electrons. The molecule has 2 aromatic rings. The van der Waals surface area contributed by atoms with Gasteiger partial charge in [-0.15, -0.1) is 0 Å². The second kappa shape index (κ2) is 3.73. The second-order valence-corrected chi connectivity index (χ2v) is 3.50. The minimum absolute atomic E-state index is 0.273. The van der Waals surface area contributed by atoms with Crippen molar-refractivity contribution in [1.29, 1.82) is 0 Å². The van der Waals surface area contributed by atoms with E-state index >= 15 is 0 Å². The number of aromatic nitrogens is 2. The molecule has 2 N–H and O–H groups in total. The predicted octanol–water partition coefficient (Wildman–Crippen LogP) is 1.08. The fraction of sp³-hybridized carbons (Fsp3) is 0.273. The van der Waals surface area contributed by atoms with Gasteiger partial charge in [0.05, 0.1) is 23.8 Å². The molecule has 0 bridgehead atoms. The van der Waals surface area contributed by atoms with Gasteiger partial charge in [0.2, 0.25) is 5.91 Å². The van der Waals surface area contributed by atoms with Gasteiger partial charge in [-0.3, -0.25) is 4.79 Å². The number of rotatable bonds is 3. The molecule has 0 saturated carbocycles. The highest BCUT2D eigenvalue weighted by molar-refractivity contribution is 5.80. The number of aryl methyl sites for hydroxylation is 1. The zero-order valence-corrected chi connectivity index (χ0v) is 8.60. The molecule has 4 heteroatoms. The summed E-state index contributed by atoms with van der Waals surface area (Å²) in [7, 11) is 0. The molecule has 0 aliphatic rings. The minimum atomic E-state index is -0.315. The molecule has 15 heavy (non-hydrogen) atoms. The first kappa shape index (κ1) is 9.71. The number of carbonyl (C=O) groups is 1. The van der Waals surface area contributed by atoms with Gasteiger partial charge in [0, 0.05) is 6.54 Å². The predicted molar refractivity (Wildman–Crippen MR) is 58.3 cm³/mol. The second-order valence-electron chi connectivity index (χ2n) is 3.50. The van der Waals surface area contributed by atoms with Crippen LogP contribution in [0.2, 0.25) is 0 Å². The van der Waals surface area contributed by atoms with Crippen molar-refractivity contribution >= 4 is 16.9 Å². The maximum absolute atomic E-state index is 10.8. The van der Waals surface area contributed by atoms with E-state index in [-0.39, 0.29) is 12.3 Å². The molecule has 1 heterocycles. The molecule has 1 aromatic heterocycles. The standard InChI is InChI=1S/C11H13N3O/c1-2-14-7-13-9-5-8(6-11(12)15)3-4-10(9)14/h3-5,7H,2,6H2,1H3,(H2,12,15). The van der Waals surface area contributed by atoms with Crippen molar-refractivity contribution in [2.75, 3.05) is 0 Å². The van der Waals surface area contributed by atoms with Crippen LogP contribution in [0.1, 0.15) is 12.5 Å². The smallest absolute Gasteiger partial charge is 0.221 e. The monoisotopic (exact) mass is 203 g/mol. The van der Waals surface area contributed by atoms with Gasteiger partial charge < -0.3 is 10.3 Å². The van der Waals surface area contributed by atoms with Crippen LogP contribution >= 0.6 is 0 Å². The molecule has 0 unspecified atom stereocenters. The zero-order chi connectivity index (χ0) is 10.8. The minimum Gasteiger partial charge on any atom is -0.369 e. The van der Waals surface area contributed by atoms with E-state index in [0.29, 0.717) is 0 Å². The number of primary amides is 1. The molecule has 0 aliphatic heterocycles. The summed E-state index contributed by atoms with van der Waals surface area (Å²) in [6, 6.07) is 5.80. The average Bonchev–Trinajstić information content (AvgIpc) is 2.58. The van der Waals surface area contributed by atoms with Gasteiger partial charge >= 0.3 is 0 Å². The van der Waals surface area contributed by atoms with Gasteiger partial charge in [0.15, 0.2) is 0 Å². The molecule has 1 amide bonds. The Labute approximate surface area is 87.7 Å². The van der Waals surface area contributed by atoms with Crippen LogP contribution in [0.5, 0.6) is 0 Å². The number of imidazole rings is 1. The lowest BCUT2D eigenvalue weighted by molar-refractivity contribution is -0.117. The number of benzene rings is 1. The van der Waals surface area contributed by atoms with E-state index in [0.717, 1.165) is 23.1 Å². The summed E-state index contributed by atoms with van der Waals surface area (Å²) in [5.41, 5.74) is 8.05. The fourth-order valence-corrected chi connectivity index (χ4v) is 1.67. The van der Waals surface area contributed by atoms with Crippen molar-refractivity contribution in [2.45, 2.75) is 19.9 Å². The van der Waals surface area contributed by atoms with Crippen LogP contribution in [-0.4, -0.2) is 15.5 Å². The third-order valence-electron chi connectivity index (χ3n) is 2.40. The summed E-state index contributed by atoms with van der Waals surface area (Å²) in [6.45, 7) is 2.96. The van der Waals surface area contributed by atoms with Crippen LogP contribution in [0.3, 0.4) is 0 Å². The van der Waals surface area contributed by atoms with Gasteiger partial charge in [-0.25, -0.2) is 4.98 Å². The molecule has 0 radical (unpaired) electrons. The Bertz CT molecular complexity index is 502. The van der Waals surface area contributed by atoms with Crippen LogP contribution in [0, 0.1) is 0 Å². The van der Waals surface area contributed by atoms with Crippen molar-refractivity contribution in [2.24, 2.45) is 5.73 Å². The number of carbonyl (C=O) groups excluding carboxylic acids is 1. The van der Waals surface area contributed by atoms with E-state index in [4.69, 9.17) is 5.73 Å². The average molecular weight is 203 g/mol. The van der Waals surface area contributed by atoms with Crippen molar-refractivity contribution < 1.29 is 4.79 Å². The maximum Gasteiger partial charge on any atom is 0.221 e. The topological polar surface area (TPSA) is 60.9 Å². The first-order chi connectivity index (χ1) is 7.20. The Hall–Kier alpha value is -1.84. The van der Waals surface area contributed by atoms with E-state index < -0.39 is 0 Å². The quantitative estimate of drug-likeness (QED) is 0.811. The highest BCUT2D eigenvalue weighted by Crippen LogP contribution is 2.15. The zero-order valence-electron chi connectivity index (χ0n) is 8.60. The molecule has 0 saturated heterocycles. The lowest BCUT2D eigenvalue weighted by Crippen LogP contribution is -2.13. The highest BCUT2D eigenvalue weighted by Gasteiger charge is 2.03. The van der Waals surface area contributed by atoms with Crippen molar-refractivity contribution in [3.8, 4) is 0 Å².